The number of nitro groups is 1. The van der Waals surface area contributed by atoms with Gasteiger partial charge in [0.15, 0.2) is 0 Å². The summed E-state index contributed by atoms with van der Waals surface area (Å²) in [6.07, 6.45) is 3.07. The highest BCUT2D eigenvalue weighted by atomic mass is 16.6. The number of H-pyrrole nitrogens is 1. The van der Waals surface area contributed by atoms with E-state index in [0.29, 0.717) is 28.4 Å². The molecule has 0 aliphatic rings. The molecular weight excluding hydrogens is 424 g/mol. The Hall–Kier alpha value is -4.60. The Morgan fingerprint density at radius 1 is 1.03 bits per heavy atom. The Balaban J connectivity index is 1.72. The van der Waals surface area contributed by atoms with Gasteiger partial charge in [0.1, 0.15) is 23.0 Å². The Labute approximate surface area is 188 Å². The molecular formula is C23H20N6O4. The van der Waals surface area contributed by atoms with Crippen molar-refractivity contribution in [3.8, 4) is 28.4 Å². The van der Waals surface area contributed by atoms with Crippen LogP contribution in [0.15, 0.2) is 67.0 Å². The maximum Gasteiger partial charge on any atom is 0.276 e. The number of hydrogen-bond acceptors (Lipinski definition) is 7. The maximum absolute atomic E-state index is 13.0. The molecule has 2 N–H and O–H groups in total. The first-order valence-corrected chi connectivity index (χ1v) is 10.1. The Kier molecular flexibility index (Phi) is 6.07. The van der Waals surface area contributed by atoms with E-state index in [0.717, 1.165) is 0 Å². The predicted octanol–water partition coefficient (Wildman–Crippen LogP) is 4.48. The molecule has 2 heterocycles. The van der Waals surface area contributed by atoms with Crippen molar-refractivity contribution in [3.05, 3.63) is 82.8 Å². The second-order valence-electron chi connectivity index (χ2n) is 7.33. The number of non-ortho nitro benzene ring substituents is 1. The minimum Gasteiger partial charge on any atom is -0.491 e. The van der Waals surface area contributed by atoms with Crippen LogP contribution in [0, 0.1) is 10.1 Å². The van der Waals surface area contributed by atoms with E-state index in [4.69, 9.17) is 4.74 Å². The maximum atomic E-state index is 13.0. The third-order valence-electron chi connectivity index (χ3n) is 4.57. The first-order valence-electron chi connectivity index (χ1n) is 10.1. The van der Waals surface area contributed by atoms with Crippen LogP contribution in [0.2, 0.25) is 0 Å². The number of ether oxygens (including phenoxy) is 1. The second kappa shape index (κ2) is 9.27. The average Bonchev–Trinajstić information content (AvgIpc) is 3.26. The number of benzene rings is 2. The molecule has 2 aromatic heterocycles. The van der Waals surface area contributed by atoms with E-state index in [9.17, 15) is 14.9 Å². The first kappa shape index (κ1) is 21.6. The zero-order valence-electron chi connectivity index (χ0n) is 17.9. The molecule has 0 atom stereocenters. The molecule has 0 fully saturated rings. The lowest BCUT2D eigenvalue weighted by Gasteiger charge is -2.10. The van der Waals surface area contributed by atoms with Gasteiger partial charge in [-0.25, -0.2) is 15.0 Å². The quantitative estimate of drug-likeness (QED) is 0.317. The Morgan fingerprint density at radius 2 is 1.67 bits per heavy atom. The molecule has 4 rings (SSSR count). The molecule has 33 heavy (non-hydrogen) atoms. The van der Waals surface area contributed by atoms with Crippen LogP contribution in [0.1, 0.15) is 24.3 Å². The van der Waals surface area contributed by atoms with E-state index in [1.807, 2.05) is 26.0 Å². The van der Waals surface area contributed by atoms with Crippen LogP contribution in [0.5, 0.6) is 5.75 Å². The van der Waals surface area contributed by atoms with Crippen molar-refractivity contribution in [2.75, 3.05) is 5.32 Å². The lowest BCUT2D eigenvalue weighted by atomic mass is 10.1. The highest BCUT2D eigenvalue weighted by Crippen LogP contribution is 2.29. The molecule has 1 amide bonds. The summed E-state index contributed by atoms with van der Waals surface area (Å²) in [4.78, 5) is 39.2. The number of carbonyl (C=O) groups excluding carboxylic acids is 1. The number of nitrogens with one attached hydrogen (secondary N) is 2. The molecule has 0 radical (unpaired) electrons. The molecule has 10 heteroatoms. The van der Waals surface area contributed by atoms with Gasteiger partial charge < -0.3 is 9.72 Å². The van der Waals surface area contributed by atoms with E-state index >= 15 is 0 Å². The smallest absolute Gasteiger partial charge is 0.276 e. The fourth-order valence-electron chi connectivity index (χ4n) is 3.12. The van der Waals surface area contributed by atoms with Crippen molar-refractivity contribution in [1.29, 1.82) is 0 Å². The number of aromatic nitrogens is 4. The SMILES string of the molecule is CC(C)Oc1ccc(-c2nc(-c3ccc([N+](=O)[O-])cc3)[nH]c2C(=O)Nc2ncccn2)cc1. The summed E-state index contributed by atoms with van der Waals surface area (Å²) in [5.41, 5.74) is 1.86. The molecule has 0 aliphatic heterocycles. The van der Waals surface area contributed by atoms with Gasteiger partial charge in [0, 0.05) is 35.7 Å². The summed E-state index contributed by atoms with van der Waals surface area (Å²) in [5.74, 6) is 0.769. The fourth-order valence-corrected chi connectivity index (χ4v) is 3.12. The highest BCUT2D eigenvalue weighted by molar-refractivity contribution is 6.06. The van der Waals surface area contributed by atoms with Crippen molar-refractivity contribution in [3.63, 3.8) is 0 Å². The van der Waals surface area contributed by atoms with Crippen LogP contribution >= 0.6 is 0 Å². The molecule has 0 saturated carbocycles. The summed E-state index contributed by atoms with van der Waals surface area (Å²) in [5, 5.41) is 13.6. The van der Waals surface area contributed by atoms with Gasteiger partial charge in [-0.15, -0.1) is 0 Å². The highest BCUT2D eigenvalue weighted by Gasteiger charge is 2.21. The Morgan fingerprint density at radius 3 is 2.27 bits per heavy atom. The molecule has 0 spiro atoms. The van der Waals surface area contributed by atoms with Crippen LogP contribution in [0.4, 0.5) is 11.6 Å². The van der Waals surface area contributed by atoms with Crippen molar-refractivity contribution in [2.45, 2.75) is 20.0 Å². The van der Waals surface area contributed by atoms with Gasteiger partial charge in [-0.05, 0) is 56.3 Å². The van der Waals surface area contributed by atoms with Gasteiger partial charge in [-0.2, -0.15) is 0 Å². The van der Waals surface area contributed by atoms with Crippen molar-refractivity contribution < 1.29 is 14.5 Å². The number of rotatable bonds is 7. The second-order valence-corrected chi connectivity index (χ2v) is 7.33. The van der Waals surface area contributed by atoms with Crippen molar-refractivity contribution in [1.82, 2.24) is 19.9 Å². The van der Waals surface area contributed by atoms with Crippen LogP contribution in [-0.2, 0) is 0 Å². The minimum atomic E-state index is -0.475. The number of imidazole rings is 1. The number of nitro benzene ring substituents is 1. The third kappa shape index (κ3) is 5.01. The van der Waals surface area contributed by atoms with Crippen LogP contribution < -0.4 is 10.1 Å². The third-order valence-corrected chi connectivity index (χ3v) is 4.57. The van der Waals surface area contributed by atoms with Crippen LogP contribution in [0.3, 0.4) is 0 Å². The zero-order valence-corrected chi connectivity index (χ0v) is 17.9. The average molecular weight is 444 g/mol. The van der Waals surface area contributed by atoms with E-state index in [1.165, 1.54) is 24.5 Å². The molecule has 0 unspecified atom stereocenters. The van der Waals surface area contributed by atoms with Crippen molar-refractivity contribution >= 4 is 17.5 Å². The monoisotopic (exact) mass is 444 g/mol. The molecule has 10 nitrogen and oxygen atoms in total. The zero-order chi connectivity index (χ0) is 23.4. The van der Waals surface area contributed by atoms with Crippen LogP contribution in [0.25, 0.3) is 22.6 Å². The fraction of sp³-hybridized carbons (Fsp3) is 0.130. The van der Waals surface area contributed by atoms with Crippen molar-refractivity contribution in [2.24, 2.45) is 0 Å². The standard InChI is InChI=1S/C23H20N6O4/c1-14(2)33-18-10-6-15(7-11-18)19-20(22(30)28-23-24-12-3-13-25-23)27-21(26-19)16-4-8-17(9-5-16)29(31)32/h3-14H,1-2H3,(H,26,27)(H,24,25,28,30). The van der Waals surface area contributed by atoms with Gasteiger partial charge in [-0.3, -0.25) is 20.2 Å². The Bertz CT molecular complexity index is 1270. The summed E-state index contributed by atoms with van der Waals surface area (Å²) in [6.45, 7) is 3.87. The van der Waals surface area contributed by atoms with Gasteiger partial charge in [0.05, 0.1) is 11.0 Å². The number of nitrogens with zero attached hydrogens (tertiary/aromatic N) is 4. The van der Waals surface area contributed by atoms with Gasteiger partial charge in [0.25, 0.3) is 11.6 Å². The molecule has 0 bridgehead atoms. The van der Waals surface area contributed by atoms with Crippen LogP contribution in [-0.4, -0.2) is 36.9 Å². The largest absolute Gasteiger partial charge is 0.491 e. The summed E-state index contributed by atoms with van der Waals surface area (Å²) in [6, 6.07) is 14.8. The number of hydrogen-bond donors (Lipinski definition) is 2. The van der Waals surface area contributed by atoms with E-state index < -0.39 is 10.8 Å². The number of aromatic amines is 1. The number of carbonyl (C=O) groups is 1. The predicted molar refractivity (Wildman–Crippen MR) is 122 cm³/mol. The minimum absolute atomic E-state index is 0.0298. The topological polar surface area (TPSA) is 136 Å². The van der Waals surface area contributed by atoms with Gasteiger partial charge >= 0.3 is 0 Å². The molecule has 166 valence electrons. The van der Waals surface area contributed by atoms with Gasteiger partial charge in [-0.1, -0.05) is 0 Å². The molecule has 0 aliphatic carbocycles. The first-order chi connectivity index (χ1) is 15.9. The molecule has 0 saturated heterocycles. The summed E-state index contributed by atoms with van der Waals surface area (Å²) in [7, 11) is 0. The number of amides is 1. The van der Waals surface area contributed by atoms with E-state index in [1.54, 1.807) is 30.3 Å². The number of anilines is 1. The van der Waals surface area contributed by atoms with E-state index in [2.05, 4.69) is 25.3 Å². The van der Waals surface area contributed by atoms with E-state index in [-0.39, 0.29) is 23.4 Å². The normalized spacial score (nSPS) is 10.8. The summed E-state index contributed by atoms with van der Waals surface area (Å²) < 4.78 is 5.69. The summed E-state index contributed by atoms with van der Waals surface area (Å²) >= 11 is 0. The lowest BCUT2D eigenvalue weighted by Crippen LogP contribution is -2.15. The molecule has 2 aromatic carbocycles. The van der Waals surface area contributed by atoms with Gasteiger partial charge in [0.2, 0.25) is 5.95 Å². The molecule has 4 aromatic rings. The lowest BCUT2D eigenvalue weighted by molar-refractivity contribution is -0.384.